The molecule has 162 valence electrons. The SMILES string of the molecule is CSc1ccc(CN(C)C(=O)c2cc(S(=O)(=O)Nc3ccc(C)cc3)ccc2C)cc1. The number of hydrogen-bond acceptors (Lipinski definition) is 4. The monoisotopic (exact) mass is 454 g/mol. The van der Waals surface area contributed by atoms with Crippen LogP contribution in [0.4, 0.5) is 5.69 Å². The number of carbonyl (C=O) groups excluding carboxylic acids is 1. The van der Waals surface area contributed by atoms with Gasteiger partial charge in [-0.1, -0.05) is 35.9 Å². The molecule has 1 N–H and O–H groups in total. The minimum absolute atomic E-state index is 0.0553. The fourth-order valence-corrected chi connectivity index (χ4v) is 4.61. The van der Waals surface area contributed by atoms with Crippen molar-refractivity contribution in [3.8, 4) is 0 Å². The van der Waals surface area contributed by atoms with E-state index in [2.05, 4.69) is 4.72 Å². The Morgan fingerprint density at radius 2 is 1.61 bits per heavy atom. The van der Waals surface area contributed by atoms with Gasteiger partial charge in [0.1, 0.15) is 0 Å². The van der Waals surface area contributed by atoms with Crippen LogP contribution in [-0.2, 0) is 16.6 Å². The second kappa shape index (κ2) is 9.58. The third-order valence-electron chi connectivity index (χ3n) is 4.98. The van der Waals surface area contributed by atoms with Gasteiger partial charge in [-0.3, -0.25) is 9.52 Å². The molecule has 3 rings (SSSR count). The molecule has 0 saturated heterocycles. The summed E-state index contributed by atoms with van der Waals surface area (Å²) in [6, 6.07) is 19.8. The topological polar surface area (TPSA) is 66.5 Å². The highest BCUT2D eigenvalue weighted by Gasteiger charge is 2.20. The minimum atomic E-state index is -3.81. The van der Waals surface area contributed by atoms with Gasteiger partial charge in [0, 0.05) is 29.7 Å². The van der Waals surface area contributed by atoms with Crippen LogP contribution in [0, 0.1) is 13.8 Å². The molecule has 0 heterocycles. The highest BCUT2D eigenvalue weighted by atomic mass is 32.2. The van der Waals surface area contributed by atoms with Crippen LogP contribution >= 0.6 is 11.8 Å². The summed E-state index contributed by atoms with van der Waals surface area (Å²) in [4.78, 5) is 15.9. The third kappa shape index (κ3) is 5.68. The van der Waals surface area contributed by atoms with Crippen LogP contribution in [0.2, 0.25) is 0 Å². The number of thioether (sulfide) groups is 1. The van der Waals surface area contributed by atoms with E-state index in [4.69, 9.17) is 0 Å². The zero-order valence-corrected chi connectivity index (χ0v) is 19.7. The average molecular weight is 455 g/mol. The molecule has 0 aromatic heterocycles. The van der Waals surface area contributed by atoms with E-state index in [0.29, 0.717) is 17.8 Å². The second-order valence-electron chi connectivity index (χ2n) is 7.46. The first-order valence-electron chi connectivity index (χ1n) is 9.78. The number of hydrogen-bond donors (Lipinski definition) is 1. The van der Waals surface area contributed by atoms with Crippen molar-refractivity contribution in [2.75, 3.05) is 18.0 Å². The first-order chi connectivity index (χ1) is 14.7. The Morgan fingerprint density at radius 1 is 0.968 bits per heavy atom. The van der Waals surface area contributed by atoms with Gasteiger partial charge in [-0.15, -0.1) is 11.8 Å². The van der Waals surface area contributed by atoms with Crippen LogP contribution in [-0.4, -0.2) is 32.5 Å². The van der Waals surface area contributed by atoms with Crippen molar-refractivity contribution in [3.05, 3.63) is 89.0 Å². The average Bonchev–Trinajstić information content (AvgIpc) is 2.75. The second-order valence-corrected chi connectivity index (χ2v) is 10.0. The van der Waals surface area contributed by atoms with Gasteiger partial charge in [-0.05, 0) is 67.6 Å². The zero-order chi connectivity index (χ0) is 22.6. The van der Waals surface area contributed by atoms with E-state index >= 15 is 0 Å². The predicted molar refractivity (Wildman–Crippen MR) is 127 cm³/mol. The molecule has 7 heteroatoms. The van der Waals surface area contributed by atoms with Crippen LogP contribution in [0.1, 0.15) is 27.0 Å². The first kappa shape index (κ1) is 22.9. The first-order valence-corrected chi connectivity index (χ1v) is 12.5. The number of nitrogens with zero attached hydrogens (tertiary/aromatic N) is 1. The standard InChI is InChI=1S/C24H26N2O3S2/c1-17-5-10-20(11-6-17)25-31(28,29)22-14-7-18(2)23(15-22)24(27)26(3)16-19-8-12-21(30-4)13-9-19/h5-15,25H,16H2,1-4H3. The van der Waals surface area contributed by atoms with Crippen molar-refractivity contribution in [2.24, 2.45) is 0 Å². The number of nitrogens with one attached hydrogen (secondary N) is 1. The van der Waals surface area contributed by atoms with Crippen molar-refractivity contribution >= 4 is 33.4 Å². The Morgan fingerprint density at radius 3 is 2.23 bits per heavy atom. The summed E-state index contributed by atoms with van der Waals surface area (Å²) in [7, 11) is -2.10. The van der Waals surface area contributed by atoms with Crippen LogP contribution in [0.3, 0.4) is 0 Å². The fraction of sp³-hybridized carbons (Fsp3) is 0.208. The molecule has 1 amide bonds. The molecule has 3 aromatic carbocycles. The number of anilines is 1. The van der Waals surface area contributed by atoms with Gasteiger partial charge in [-0.25, -0.2) is 8.42 Å². The van der Waals surface area contributed by atoms with E-state index in [1.165, 1.54) is 12.1 Å². The smallest absolute Gasteiger partial charge is 0.261 e. The molecular formula is C24H26N2O3S2. The molecule has 0 bridgehead atoms. The lowest BCUT2D eigenvalue weighted by atomic mass is 10.1. The van der Waals surface area contributed by atoms with E-state index in [0.717, 1.165) is 21.6 Å². The number of carbonyl (C=O) groups is 1. The number of amides is 1. The lowest BCUT2D eigenvalue weighted by Crippen LogP contribution is -2.27. The molecule has 0 unspecified atom stereocenters. The lowest BCUT2D eigenvalue weighted by Gasteiger charge is -2.19. The highest BCUT2D eigenvalue weighted by Crippen LogP contribution is 2.22. The summed E-state index contributed by atoms with van der Waals surface area (Å²) in [6.45, 7) is 4.17. The van der Waals surface area contributed by atoms with E-state index < -0.39 is 10.0 Å². The largest absolute Gasteiger partial charge is 0.337 e. The summed E-state index contributed by atoms with van der Waals surface area (Å²) in [5.74, 6) is -0.223. The van der Waals surface area contributed by atoms with Crippen molar-refractivity contribution < 1.29 is 13.2 Å². The Hall–Kier alpha value is -2.77. The molecule has 0 radical (unpaired) electrons. The van der Waals surface area contributed by atoms with Gasteiger partial charge in [-0.2, -0.15) is 0 Å². The normalized spacial score (nSPS) is 11.2. The number of sulfonamides is 1. The Bertz CT molecular complexity index is 1170. The van der Waals surface area contributed by atoms with Crippen LogP contribution in [0.25, 0.3) is 0 Å². The molecule has 5 nitrogen and oxygen atoms in total. The number of benzene rings is 3. The third-order valence-corrected chi connectivity index (χ3v) is 7.10. The molecule has 0 aliphatic rings. The van der Waals surface area contributed by atoms with Crippen molar-refractivity contribution in [1.29, 1.82) is 0 Å². The minimum Gasteiger partial charge on any atom is -0.337 e. The molecule has 3 aromatic rings. The van der Waals surface area contributed by atoms with Gasteiger partial charge >= 0.3 is 0 Å². The predicted octanol–water partition coefficient (Wildman–Crippen LogP) is 5.10. The lowest BCUT2D eigenvalue weighted by molar-refractivity contribution is 0.0784. The Labute approximate surface area is 188 Å². The quantitative estimate of drug-likeness (QED) is 0.505. The molecule has 0 atom stereocenters. The van der Waals surface area contributed by atoms with Gasteiger partial charge in [0.2, 0.25) is 0 Å². The number of rotatable bonds is 7. The van der Waals surface area contributed by atoms with E-state index in [9.17, 15) is 13.2 Å². The molecule has 0 aliphatic carbocycles. The van der Waals surface area contributed by atoms with Crippen LogP contribution < -0.4 is 4.72 Å². The summed E-state index contributed by atoms with van der Waals surface area (Å²) in [6.07, 6.45) is 2.02. The van der Waals surface area contributed by atoms with Crippen LogP contribution in [0.15, 0.2) is 76.5 Å². The summed E-state index contributed by atoms with van der Waals surface area (Å²) < 4.78 is 28.3. The van der Waals surface area contributed by atoms with Crippen molar-refractivity contribution in [2.45, 2.75) is 30.2 Å². The molecular weight excluding hydrogens is 428 g/mol. The Kier molecular flexibility index (Phi) is 7.08. The number of aryl methyl sites for hydroxylation is 2. The van der Waals surface area contributed by atoms with Gasteiger partial charge in [0.05, 0.1) is 4.90 Å². The summed E-state index contributed by atoms with van der Waals surface area (Å²) >= 11 is 1.66. The van der Waals surface area contributed by atoms with Gasteiger partial charge in [0.15, 0.2) is 0 Å². The molecule has 31 heavy (non-hydrogen) atoms. The van der Waals surface area contributed by atoms with Gasteiger partial charge in [0.25, 0.3) is 15.9 Å². The van der Waals surface area contributed by atoms with Gasteiger partial charge < -0.3 is 4.90 Å². The molecule has 0 spiro atoms. The maximum Gasteiger partial charge on any atom is 0.261 e. The van der Waals surface area contributed by atoms with E-state index in [1.807, 2.05) is 49.6 Å². The maximum absolute atomic E-state index is 13.1. The van der Waals surface area contributed by atoms with Crippen molar-refractivity contribution in [3.63, 3.8) is 0 Å². The zero-order valence-electron chi connectivity index (χ0n) is 18.0. The Balaban J connectivity index is 1.81. The van der Waals surface area contributed by atoms with Crippen molar-refractivity contribution in [1.82, 2.24) is 4.90 Å². The van der Waals surface area contributed by atoms with E-state index in [-0.39, 0.29) is 10.8 Å². The molecule has 0 fully saturated rings. The summed E-state index contributed by atoms with van der Waals surface area (Å²) in [5, 5.41) is 0. The maximum atomic E-state index is 13.1. The van der Waals surface area contributed by atoms with Crippen LogP contribution in [0.5, 0.6) is 0 Å². The van der Waals surface area contributed by atoms with E-state index in [1.54, 1.807) is 48.8 Å². The summed E-state index contributed by atoms with van der Waals surface area (Å²) in [5.41, 5.74) is 3.62. The molecule has 0 saturated carbocycles. The molecule has 0 aliphatic heterocycles. The fourth-order valence-electron chi connectivity index (χ4n) is 3.12. The highest BCUT2D eigenvalue weighted by molar-refractivity contribution is 7.98.